The molecule has 0 saturated heterocycles. The van der Waals surface area contributed by atoms with Crippen molar-refractivity contribution in [3.63, 3.8) is 0 Å². The molecule has 0 saturated carbocycles. The smallest absolute Gasteiger partial charge is 0.207 e. The van der Waals surface area contributed by atoms with Crippen LogP contribution in [0.4, 0.5) is 13.2 Å². The maximum atomic E-state index is 12.8. The molecule has 0 radical (unpaired) electrons. The first-order chi connectivity index (χ1) is 8.62. The summed E-state index contributed by atoms with van der Waals surface area (Å²) in [5.41, 5.74) is -1.18. The van der Waals surface area contributed by atoms with E-state index in [-0.39, 0.29) is 5.88 Å². The Hall–Kier alpha value is -0.790. The van der Waals surface area contributed by atoms with Crippen LogP contribution in [-0.4, -0.2) is 31.7 Å². The molecule has 1 rings (SSSR count). The Kier molecular flexibility index (Phi) is 4.86. The second-order valence-electron chi connectivity index (χ2n) is 4.02. The third-order valence-electron chi connectivity index (χ3n) is 2.69. The molecule has 1 unspecified atom stereocenters. The summed E-state index contributed by atoms with van der Waals surface area (Å²) in [6, 6.07) is 3.48. The van der Waals surface area contributed by atoms with E-state index >= 15 is 0 Å². The van der Waals surface area contributed by atoms with E-state index in [2.05, 4.69) is 0 Å². The fourth-order valence-electron chi connectivity index (χ4n) is 1.41. The van der Waals surface area contributed by atoms with E-state index in [4.69, 9.17) is 11.6 Å². The van der Waals surface area contributed by atoms with Gasteiger partial charge in [-0.2, -0.15) is 17.5 Å². The molecular weight excluding hydrogens is 303 g/mol. The zero-order valence-electron chi connectivity index (χ0n) is 10.3. The predicted molar refractivity (Wildman–Crippen MR) is 66.6 cm³/mol. The molecule has 1 atom stereocenters. The average molecular weight is 316 g/mol. The fourth-order valence-corrected chi connectivity index (χ4v) is 3.27. The normalized spacial score (nSPS) is 14.7. The minimum absolute atomic E-state index is 0.0100. The number of nitrogens with zero attached hydrogens (tertiary/aromatic N) is 1. The number of benzene rings is 1. The van der Waals surface area contributed by atoms with Crippen molar-refractivity contribution >= 4 is 21.6 Å². The Morgan fingerprint density at radius 1 is 1.32 bits per heavy atom. The lowest BCUT2D eigenvalue weighted by Gasteiger charge is -2.24. The molecule has 0 fully saturated rings. The summed E-state index contributed by atoms with van der Waals surface area (Å²) in [6.07, 6.45) is -4.73. The van der Waals surface area contributed by atoms with E-state index in [1.807, 2.05) is 0 Å². The highest BCUT2D eigenvalue weighted by atomic mass is 35.5. The third-order valence-corrected chi connectivity index (χ3v) is 5.17. The van der Waals surface area contributed by atoms with Gasteiger partial charge in [-0.05, 0) is 19.1 Å². The summed E-state index contributed by atoms with van der Waals surface area (Å²) in [5, 5.41) is 0. The number of halogens is 4. The van der Waals surface area contributed by atoms with Crippen molar-refractivity contribution in [2.24, 2.45) is 0 Å². The molecule has 0 spiro atoms. The van der Waals surface area contributed by atoms with Crippen LogP contribution in [0.3, 0.4) is 0 Å². The van der Waals surface area contributed by atoms with Crippen LogP contribution in [0.25, 0.3) is 0 Å². The van der Waals surface area contributed by atoms with Gasteiger partial charge in [0.15, 0.2) is 0 Å². The lowest BCUT2D eigenvalue weighted by molar-refractivity contribution is -0.139. The molecule has 0 bridgehead atoms. The highest BCUT2D eigenvalue weighted by Gasteiger charge is 2.38. The minimum Gasteiger partial charge on any atom is -0.207 e. The van der Waals surface area contributed by atoms with Gasteiger partial charge in [-0.3, -0.25) is 0 Å². The SMILES string of the molecule is CC(CCl)N(C)S(=O)(=O)c1ccccc1C(F)(F)F. The Bertz CT molecular complexity index is 545. The van der Waals surface area contributed by atoms with Crippen LogP contribution in [0.1, 0.15) is 12.5 Å². The van der Waals surface area contributed by atoms with E-state index in [9.17, 15) is 21.6 Å². The van der Waals surface area contributed by atoms with E-state index in [1.54, 1.807) is 0 Å². The first kappa shape index (κ1) is 16.3. The third kappa shape index (κ3) is 3.40. The van der Waals surface area contributed by atoms with Gasteiger partial charge >= 0.3 is 6.18 Å². The van der Waals surface area contributed by atoms with Crippen LogP contribution < -0.4 is 0 Å². The molecule has 0 aliphatic carbocycles. The van der Waals surface area contributed by atoms with E-state index in [1.165, 1.54) is 20.0 Å². The van der Waals surface area contributed by atoms with Gasteiger partial charge in [-0.25, -0.2) is 8.42 Å². The largest absolute Gasteiger partial charge is 0.417 e. The zero-order valence-corrected chi connectivity index (χ0v) is 11.9. The highest BCUT2D eigenvalue weighted by molar-refractivity contribution is 7.89. The molecule has 0 amide bonds. The van der Waals surface area contributed by atoms with Crippen molar-refractivity contribution in [1.82, 2.24) is 4.31 Å². The number of rotatable bonds is 4. The number of alkyl halides is 4. The lowest BCUT2D eigenvalue weighted by Crippen LogP contribution is -2.37. The summed E-state index contributed by atoms with van der Waals surface area (Å²) >= 11 is 5.54. The average Bonchev–Trinajstić information content (AvgIpc) is 2.35. The van der Waals surface area contributed by atoms with Crippen molar-refractivity contribution in [3.8, 4) is 0 Å². The molecule has 19 heavy (non-hydrogen) atoms. The van der Waals surface area contributed by atoms with Gasteiger partial charge < -0.3 is 0 Å². The maximum absolute atomic E-state index is 12.8. The standard InChI is InChI=1S/C11H13ClF3NO2S/c1-8(7-12)16(2)19(17,18)10-6-4-3-5-9(10)11(13,14)15/h3-6,8H,7H2,1-2H3. The molecule has 8 heteroatoms. The quantitative estimate of drug-likeness (QED) is 0.801. The summed E-state index contributed by atoms with van der Waals surface area (Å²) in [6.45, 7) is 1.51. The van der Waals surface area contributed by atoms with Gasteiger partial charge in [0.1, 0.15) is 0 Å². The van der Waals surface area contributed by atoms with Crippen LogP contribution in [0.5, 0.6) is 0 Å². The van der Waals surface area contributed by atoms with Crippen molar-refractivity contribution in [2.75, 3.05) is 12.9 Å². The molecular formula is C11H13ClF3NO2S. The van der Waals surface area contributed by atoms with Crippen molar-refractivity contribution < 1.29 is 21.6 Å². The van der Waals surface area contributed by atoms with Crippen LogP contribution >= 0.6 is 11.6 Å². The first-order valence-corrected chi connectivity index (χ1v) is 7.30. The molecule has 108 valence electrons. The summed E-state index contributed by atoms with van der Waals surface area (Å²) in [5.74, 6) is -0.0100. The Morgan fingerprint density at radius 2 is 1.84 bits per heavy atom. The summed E-state index contributed by atoms with van der Waals surface area (Å²) < 4.78 is 63.6. The van der Waals surface area contributed by atoms with Crippen LogP contribution in [0.2, 0.25) is 0 Å². The first-order valence-electron chi connectivity index (χ1n) is 5.32. The second kappa shape index (κ2) is 5.68. The zero-order chi connectivity index (χ0) is 14.8. The molecule has 3 nitrogen and oxygen atoms in total. The Morgan fingerprint density at radius 3 is 2.32 bits per heavy atom. The summed E-state index contributed by atoms with van der Waals surface area (Å²) in [4.78, 5) is -0.762. The molecule has 0 heterocycles. The van der Waals surface area contributed by atoms with Gasteiger partial charge in [-0.1, -0.05) is 12.1 Å². The highest BCUT2D eigenvalue weighted by Crippen LogP contribution is 2.35. The van der Waals surface area contributed by atoms with E-state index in [0.717, 1.165) is 22.5 Å². The van der Waals surface area contributed by atoms with Crippen LogP contribution in [0, 0.1) is 0 Å². The monoisotopic (exact) mass is 315 g/mol. The van der Waals surface area contributed by atoms with Crippen molar-refractivity contribution in [1.29, 1.82) is 0 Å². The van der Waals surface area contributed by atoms with Crippen molar-refractivity contribution in [3.05, 3.63) is 29.8 Å². The minimum atomic E-state index is -4.73. The molecule has 0 aliphatic rings. The number of hydrogen-bond acceptors (Lipinski definition) is 2. The van der Waals surface area contributed by atoms with E-state index in [0.29, 0.717) is 0 Å². The molecule has 0 aromatic heterocycles. The maximum Gasteiger partial charge on any atom is 0.417 e. The van der Waals surface area contributed by atoms with Crippen LogP contribution in [-0.2, 0) is 16.2 Å². The molecule has 0 aliphatic heterocycles. The predicted octanol–water partition coefficient (Wildman–Crippen LogP) is 2.95. The van der Waals surface area contributed by atoms with Gasteiger partial charge in [0.05, 0.1) is 10.5 Å². The number of hydrogen-bond donors (Lipinski definition) is 0. The van der Waals surface area contributed by atoms with Crippen LogP contribution in [0.15, 0.2) is 29.2 Å². The molecule has 0 N–H and O–H groups in total. The van der Waals surface area contributed by atoms with E-state index < -0.39 is 32.7 Å². The summed E-state index contributed by atoms with van der Waals surface area (Å²) in [7, 11) is -3.03. The van der Waals surface area contributed by atoms with Gasteiger partial charge in [0.25, 0.3) is 0 Å². The van der Waals surface area contributed by atoms with Gasteiger partial charge in [0, 0.05) is 19.0 Å². The number of sulfonamides is 1. The molecule has 1 aromatic rings. The Balaban J connectivity index is 3.38. The van der Waals surface area contributed by atoms with Crippen molar-refractivity contribution in [2.45, 2.75) is 24.0 Å². The van der Waals surface area contributed by atoms with Gasteiger partial charge in [-0.15, -0.1) is 11.6 Å². The molecule has 1 aromatic carbocycles. The fraction of sp³-hybridized carbons (Fsp3) is 0.455. The Labute approximate surface area is 115 Å². The van der Waals surface area contributed by atoms with Gasteiger partial charge in [0.2, 0.25) is 10.0 Å². The topological polar surface area (TPSA) is 37.4 Å². The lowest BCUT2D eigenvalue weighted by atomic mass is 10.2. The second-order valence-corrected chi connectivity index (χ2v) is 6.29.